The highest BCUT2D eigenvalue weighted by atomic mass is 32.1. The molecule has 3 aliphatic heterocycles. The molecule has 3 aliphatic rings. The van der Waals surface area contributed by atoms with Gasteiger partial charge in [-0.15, -0.1) is 13.2 Å². The van der Waals surface area contributed by atoms with Crippen molar-refractivity contribution in [1.82, 2.24) is 25.0 Å². The van der Waals surface area contributed by atoms with Crippen LogP contribution in [0.5, 0.6) is 11.5 Å². The van der Waals surface area contributed by atoms with Crippen LogP contribution in [0.4, 0.5) is 0 Å². The van der Waals surface area contributed by atoms with E-state index in [1.165, 1.54) is 58.7 Å². The van der Waals surface area contributed by atoms with Gasteiger partial charge >= 0.3 is 28.6 Å². The van der Waals surface area contributed by atoms with Gasteiger partial charge in [0.15, 0.2) is 11.2 Å². The molecule has 8 aromatic rings. The zero-order chi connectivity index (χ0) is 71.0. The summed E-state index contributed by atoms with van der Waals surface area (Å²) in [4.78, 5) is 105. The summed E-state index contributed by atoms with van der Waals surface area (Å²) in [6.45, 7) is 40.9. The monoisotopic (exact) mass is 1320 g/mol. The number of fused-ring (bicyclic) bond motifs is 4. The number of ether oxygens (including phenoxy) is 3. The molecule has 20 heteroatoms. The van der Waals surface area contributed by atoms with Crippen molar-refractivity contribution in [3.8, 4) is 11.5 Å². The number of carbonyl (C=O) groups excluding carboxylic acids is 7. The SMILES string of the molecule is C=C(C)C.C=C(C)C.C=C(C)C(=O)N1CCCC1.C=C(C)C(=O)NC.C=C(C)C(=O)OCCN1CCCC1=O.C=CN1CCCC1=O.CC(=O)Oc1ccc2[nH]c(=O)oc2c1.CC(=O)Oc1ccc2sc(=O)oc2c1.c1ccc2ccccc2c1.c1ccc2ccccc2c1. The standard InChI is InChI=1S/C10H15NO3.2C10H8.C9H7NO4.C9H6O4S.C8H13NO.C6H9NO.C5H9NO.2C4H8/c1-8(2)10(13)14-7-6-11-5-3-4-9(11)12;2*1-2-6-10-8-4-3-7-9(10)5-1;1-5(11)13-6-2-3-7-8(4-6)14-9(12)10-7;1-5(10)12-6-2-3-8-7(4-6)13-9(11)14-8;1-7(2)8(10)9-5-3-4-6-9;1-2-7-5-3-4-6(7)8;1-4(2)5(7)6-3;2*1-4(2)3/h1,3-7H2,2H3;2*1-8H;2-4H,1H3,(H,10,12);2-4H,1H3;1,3-6H2,2H3;2H,1,3-5H2;1H2,2-3H3,(H,6,7);2*1H2,2-3H3. The molecule has 0 atom stereocenters. The van der Waals surface area contributed by atoms with Crippen molar-refractivity contribution in [1.29, 1.82) is 0 Å². The quantitative estimate of drug-likeness (QED) is 0.0591. The molecule has 95 heavy (non-hydrogen) atoms. The summed E-state index contributed by atoms with van der Waals surface area (Å²) >= 11 is 1.02. The Morgan fingerprint density at radius 2 is 1.00 bits per heavy atom. The number of aromatic amines is 1. The molecule has 0 aliphatic carbocycles. The van der Waals surface area contributed by atoms with E-state index in [0.717, 1.165) is 67.9 Å². The number of nitrogens with zero attached hydrogens (tertiary/aromatic N) is 3. The molecule has 506 valence electrons. The van der Waals surface area contributed by atoms with Gasteiger partial charge in [0, 0.05) is 88.8 Å². The second kappa shape index (κ2) is 44.1. The Balaban J connectivity index is 0.000000367. The van der Waals surface area contributed by atoms with E-state index in [0.29, 0.717) is 64.3 Å². The van der Waals surface area contributed by atoms with Crippen LogP contribution >= 0.6 is 11.3 Å². The topological polar surface area (TPSA) is 245 Å². The van der Waals surface area contributed by atoms with Gasteiger partial charge in [0.05, 0.1) is 16.8 Å². The lowest BCUT2D eigenvalue weighted by Crippen LogP contribution is -2.29. The largest absolute Gasteiger partial charge is 0.460 e. The number of hydrogen-bond acceptors (Lipinski definition) is 15. The summed E-state index contributed by atoms with van der Waals surface area (Å²) in [5.74, 6) is -0.617. The fraction of sp³-hybridized carbons (Fsp3) is 0.293. The number of aromatic nitrogens is 1. The Kier molecular flexibility index (Phi) is 37.5. The summed E-state index contributed by atoms with van der Waals surface area (Å²) in [5, 5.41) is 7.67. The molecular weight excluding hydrogens is 1230 g/mol. The molecule has 0 spiro atoms. The lowest BCUT2D eigenvalue weighted by molar-refractivity contribution is -0.141. The molecule has 11 rings (SSSR count). The molecule has 4 amide bonds. The van der Waals surface area contributed by atoms with E-state index >= 15 is 0 Å². The van der Waals surface area contributed by atoms with Gasteiger partial charge in [-0.3, -0.25) is 33.8 Å². The number of benzene rings is 6. The van der Waals surface area contributed by atoms with Gasteiger partial charge in [0.2, 0.25) is 23.6 Å². The third-order valence-electron chi connectivity index (χ3n) is 12.4. The highest BCUT2D eigenvalue weighted by Crippen LogP contribution is 2.23. The summed E-state index contributed by atoms with van der Waals surface area (Å²) in [7, 11) is 1.58. The van der Waals surface area contributed by atoms with Crippen molar-refractivity contribution in [2.75, 3.05) is 46.4 Å². The third kappa shape index (κ3) is 33.6. The molecule has 0 saturated carbocycles. The lowest BCUT2D eigenvalue weighted by Gasteiger charge is -2.14. The number of allylic oxidation sites excluding steroid dienone is 2. The number of amides is 4. The zero-order valence-electron chi connectivity index (χ0n) is 56.5. The predicted octanol–water partition coefficient (Wildman–Crippen LogP) is 14.6. The number of nitrogens with one attached hydrogen (secondary N) is 2. The molecule has 0 unspecified atom stereocenters. The second-order valence-corrected chi connectivity index (χ2v) is 22.9. The molecule has 2 N–H and O–H groups in total. The molecular formula is C75H91N5O14S. The van der Waals surface area contributed by atoms with Gasteiger partial charge in [-0.25, -0.2) is 14.4 Å². The fourth-order valence-electron chi connectivity index (χ4n) is 8.08. The first-order valence-electron chi connectivity index (χ1n) is 30.5. The fourth-order valence-corrected chi connectivity index (χ4v) is 8.73. The van der Waals surface area contributed by atoms with E-state index in [1.54, 1.807) is 68.1 Å². The molecule has 19 nitrogen and oxygen atoms in total. The van der Waals surface area contributed by atoms with Crippen LogP contribution in [0, 0.1) is 0 Å². The number of esters is 3. The minimum absolute atomic E-state index is 0.0972. The van der Waals surface area contributed by atoms with Gasteiger partial charge in [0.1, 0.15) is 18.1 Å². The average Bonchev–Trinajstić information content (AvgIpc) is 1.74. The van der Waals surface area contributed by atoms with Crippen LogP contribution in [-0.4, -0.2) is 108 Å². The molecule has 0 bridgehead atoms. The average molecular weight is 1320 g/mol. The van der Waals surface area contributed by atoms with Crippen molar-refractivity contribution in [2.45, 2.75) is 101 Å². The number of H-pyrrole nitrogens is 1. The Hall–Kier alpha value is -10.5. The molecule has 5 heterocycles. The maximum Gasteiger partial charge on any atom is 0.417 e. The van der Waals surface area contributed by atoms with E-state index in [1.807, 2.05) is 32.6 Å². The molecule has 3 saturated heterocycles. The van der Waals surface area contributed by atoms with Crippen molar-refractivity contribution < 1.29 is 56.6 Å². The summed E-state index contributed by atoms with van der Waals surface area (Å²) in [6, 6.07) is 42.9. The zero-order valence-corrected chi connectivity index (χ0v) is 57.3. The first-order chi connectivity index (χ1) is 45.0. The van der Waals surface area contributed by atoms with Gasteiger partial charge in [-0.2, -0.15) is 0 Å². The molecule has 2 aromatic heterocycles. The minimum atomic E-state index is -0.528. The van der Waals surface area contributed by atoms with Crippen molar-refractivity contribution >= 4 is 95.8 Å². The van der Waals surface area contributed by atoms with Crippen molar-refractivity contribution in [2.24, 2.45) is 0 Å². The number of oxazole rings is 1. The first-order valence-corrected chi connectivity index (χ1v) is 31.4. The Morgan fingerprint density at radius 3 is 1.36 bits per heavy atom. The number of carbonyl (C=O) groups is 7. The number of likely N-dealkylation sites (N-methyl/N-ethyl adjacent to an activating group) is 1. The Bertz CT molecular complexity index is 3690. The second-order valence-electron chi connectivity index (χ2n) is 21.9. The summed E-state index contributed by atoms with van der Waals surface area (Å²) in [5.41, 5.74) is 5.31. The van der Waals surface area contributed by atoms with Gasteiger partial charge in [-0.1, -0.05) is 146 Å². The van der Waals surface area contributed by atoms with Gasteiger partial charge < -0.3 is 43.1 Å². The normalized spacial score (nSPS) is 12.1. The molecule has 3 fully saturated rings. The smallest absolute Gasteiger partial charge is 0.417 e. The van der Waals surface area contributed by atoms with E-state index < -0.39 is 23.7 Å². The van der Waals surface area contributed by atoms with Gasteiger partial charge in [0.25, 0.3) is 0 Å². The minimum Gasteiger partial charge on any atom is -0.460 e. The Morgan fingerprint density at radius 1 is 0.558 bits per heavy atom. The summed E-state index contributed by atoms with van der Waals surface area (Å²) < 4.78 is 24.9. The van der Waals surface area contributed by atoms with Crippen molar-refractivity contribution in [3.63, 3.8) is 0 Å². The molecule has 6 aromatic carbocycles. The van der Waals surface area contributed by atoms with E-state index in [-0.39, 0.29) is 35.2 Å². The molecule has 0 radical (unpaired) electrons. The first kappa shape index (κ1) is 80.6. The van der Waals surface area contributed by atoms with Crippen LogP contribution < -0.4 is 25.5 Å². The maximum atomic E-state index is 11.2. The summed E-state index contributed by atoms with van der Waals surface area (Å²) in [6.07, 6.45) is 7.12. The highest BCUT2D eigenvalue weighted by molar-refractivity contribution is 7.16. The lowest BCUT2D eigenvalue weighted by atomic mass is 10.1. The number of likely N-dealkylation sites (tertiary alicyclic amines) is 3. The third-order valence-corrected chi connectivity index (χ3v) is 13.2. The van der Waals surface area contributed by atoms with E-state index in [9.17, 15) is 43.2 Å². The van der Waals surface area contributed by atoms with Crippen LogP contribution in [0.25, 0.3) is 42.9 Å². The number of hydrogen-bond donors (Lipinski definition) is 2. The van der Waals surface area contributed by atoms with Crippen LogP contribution in [0.1, 0.15) is 101 Å². The van der Waals surface area contributed by atoms with Crippen LogP contribution in [0.15, 0.2) is 225 Å². The maximum absolute atomic E-state index is 11.2. The highest BCUT2D eigenvalue weighted by Gasteiger charge is 2.20. The van der Waals surface area contributed by atoms with Crippen LogP contribution in [0.2, 0.25) is 0 Å². The van der Waals surface area contributed by atoms with Crippen molar-refractivity contribution in [3.05, 3.63) is 227 Å². The predicted molar refractivity (Wildman–Crippen MR) is 381 cm³/mol. The van der Waals surface area contributed by atoms with Gasteiger partial charge in [-0.05, 0) is 126 Å². The number of rotatable bonds is 9. The van der Waals surface area contributed by atoms with E-state index in [4.69, 9.17) is 23.0 Å². The van der Waals surface area contributed by atoms with E-state index in [2.05, 4.69) is 147 Å². The van der Waals surface area contributed by atoms with Crippen LogP contribution in [-0.2, 0) is 38.3 Å². The Labute approximate surface area is 560 Å². The van der Waals surface area contributed by atoms with Crippen LogP contribution in [0.3, 0.4) is 0 Å².